The zero-order valence-electron chi connectivity index (χ0n) is 9.28. The second-order valence-electron chi connectivity index (χ2n) is 4.14. The van der Waals surface area contributed by atoms with Crippen molar-refractivity contribution in [1.29, 1.82) is 0 Å². The number of halogens is 1. The third-order valence-electron chi connectivity index (χ3n) is 3.04. The number of hydrogen-bond acceptors (Lipinski definition) is 3. The van der Waals surface area contributed by atoms with E-state index in [1.807, 2.05) is 0 Å². The van der Waals surface area contributed by atoms with Crippen molar-refractivity contribution in [3.8, 4) is 0 Å². The van der Waals surface area contributed by atoms with Crippen LogP contribution in [0.15, 0.2) is 18.3 Å². The first-order valence-electron chi connectivity index (χ1n) is 5.31. The molecular weight excluding hydrogens is 243 g/mol. The predicted octanol–water partition coefficient (Wildman–Crippen LogP) is 0.999. The highest BCUT2D eigenvalue weighted by Crippen LogP contribution is 2.31. The van der Waals surface area contributed by atoms with Gasteiger partial charge in [-0.15, -0.1) is 0 Å². The average molecular weight is 254 g/mol. The van der Waals surface area contributed by atoms with Crippen molar-refractivity contribution in [2.24, 2.45) is 5.92 Å². The monoisotopic (exact) mass is 254 g/mol. The second-order valence-corrected chi connectivity index (χ2v) is 4.14. The quantitative estimate of drug-likeness (QED) is 0.821. The number of pyridine rings is 1. The minimum atomic E-state index is -1.16. The van der Waals surface area contributed by atoms with Crippen molar-refractivity contribution >= 4 is 12.1 Å². The molecule has 1 aliphatic heterocycles. The van der Waals surface area contributed by atoms with Crippen LogP contribution in [0.25, 0.3) is 0 Å². The molecule has 0 radical (unpaired) electrons. The molecule has 1 aromatic heterocycles. The van der Waals surface area contributed by atoms with E-state index in [1.54, 1.807) is 0 Å². The van der Waals surface area contributed by atoms with Gasteiger partial charge in [-0.2, -0.15) is 0 Å². The zero-order chi connectivity index (χ0) is 13.3. The van der Waals surface area contributed by atoms with Crippen molar-refractivity contribution in [3.05, 3.63) is 29.8 Å². The number of carboxylic acids is 1. The lowest BCUT2D eigenvalue weighted by molar-refractivity contribution is -0.141. The van der Waals surface area contributed by atoms with E-state index in [-0.39, 0.29) is 13.1 Å². The van der Waals surface area contributed by atoms with Gasteiger partial charge in [-0.25, -0.2) is 9.18 Å². The molecular formula is C11H11FN2O4. The Hall–Kier alpha value is -2.18. The molecule has 96 valence electrons. The fourth-order valence-electron chi connectivity index (χ4n) is 2.12. The summed E-state index contributed by atoms with van der Waals surface area (Å²) >= 11 is 0. The number of aromatic nitrogens is 1. The third-order valence-corrected chi connectivity index (χ3v) is 3.04. The predicted molar refractivity (Wildman–Crippen MR) is 57.7 cm³/mol. The van der Waals surface area contributed by atoms with E-state index >= 15 is 0 Å². The van der Waals surface area contributed by atoms with E-state index in [0.717, 1.165) is 11.1 Å². The minimum Gasteiger partial charge on any atom is -0.481 e. The summed E-state index contributed by atoms with van der Waals surface area (Å²) in [6.45, 7) is -0.0146. The maximum Gasteiger partial charge on any atom is 0.407 e. The number of likely N-dealkylation sites (tertiary alicyclic amines) is 1. The molecule has 2 N–H and O–H groups in total. The summed E-state index contributed by atoms with van der Waals surface area (Å²) in [6.07, 6.45) is -0.164. The first-order valence-corrected chi connectivity index (χ1v) is 5.31. The standard InChI is InChI=1S/C11H11FN2O4/c12-6-1-2-9(13-3-6)7-4-14(11(17)18)5-8(7)10(15)16/h1-3,7-8H,4-5H2,(H,15,16)(H,17,18)/t7-,8-/m1/s1. The Morgan fingerprint density at radius 1 is 1.33 bits per heavy atom. The largest absolute Gasteiger partial charge is 0.481 e. The normalized spacial score (nSPS) is 23.1. The second kappa shape index (κ2) is 4.59. The lowest BCUT2D eigenvalue weighted by Gasteiger charge is -2.13. The van der Waals surface area contributed by atoms with Crippen molar-refractivity contribution in [3.63, 3.8) is 0 Å². The molecule has 1 aromatic rings. The van der Waals surface area contributed by atoms with Gasteiger partial charge in [0.1, 0.15) is 5.82 Å². The fourth-order valence-corrected chi connectivity index (χ4v) is 2.12. The van der Waals surface area contributed by atoms with Crippen molar-refractivity contribution in [2.45, 2.75) is 5.92 Å². The Morgan fingerprint density at radius 2 is 2.06 bits per heavy atom. The number of hydrogen-bond donors (Lipinski definition) is 2. The molecule has 18 heavy (non-hydrogen) atoms. The highest BCUT2D eigenvalue weighted by Gasteiger charge is 2.41. The van der Waals surface area contributed by atoms with E-state index < -0.39 is 29.7 Å². The summed E-state index contributed by atoms with van der Waals surface area (Å²) in [6, 6.07) is 2.58. The van der Waals surface area contributed by atoms with Crippen molar-refractivity contribution < 1.29 is 24.2 Å². The first kappa shape index (κ1) is 12.3. The molecule has 7 heteroatoms. The van der Waals surface area contributed by atoms with Gasteiger partial charge in [0.05, 0.1) is 12.1 Å². The fraction of sp³-hybridized carbons (Fsp3) is 0.364. The van der Waals surface area contributed by atoms with E-state index in [1.165, 1.54) is 12.1 Å². The Morgan fingerprint density at radius 3 is 2.56 bits per heavy atom. The lowest BCUT2D eigenvalue weighted by atomic mass is 9.92. The van der Waals surface area contributed by atoms with E-state index in [2.05, 4.69) is 4.98 Å². The summed E-state index contributed by atoms with van der Waals surface area (Å²) in [4.78, 5) is 26.8. The summed E-state index contributed by atoms with van der Waals surface area (Å²) < 4.78 is 12.8. The molecule has 0 unspecified atom stereocenters. The van der Waals surface area contributed by atoms with Gasteiger partial charge in [-0.05, 0) is 12.1 Å². The minimum absolute atomic E-state index is 0.0604. The number of nitrogens with zero attached hydrogens (tertiary/aromatic N) is 2. The van der Waals surface area contributed by atoms with Gasteiger partial charge in [0.15, 0.2) is 0 Å². The van der Waals surface area contributed by atoms with Crippen LogP contribution in [-0.2, 0) is 4.79 Å². The topological polar surface area (TPSA) is 90.7 Å². The van der Waals surface area contributed by atoms with E-state index in [0.29, 0.717) is 5.69 Å². The molecule has 2 heterocycles. The Bertz CT molecular complexity index is 476. The van der Waals surface area contributed by atoms with Gasteiger partial charge < -0.3 is 15.1 Å². The maximum absolute atomic E-state index is 12.8. The SMILES string of the molecule is O=C(O)[C@@H]1CN(C(=O)O)C[C@H]1c1ccc(F)cn1. The molecule has 0 aromatic carbocycles. The van der Waals surface area contributed by atoms with Crippen LogP contribution in [0.4, 0.5) is 9.18 Å². The summed E-state index contributed by atoms with van der Waals surface area (Å²) in [5.74, 6) is -2.98. The maximum atomic E-state index is 12.8. The molecule has 0 bridgehead atoms. The number of carboxylic acid groups (broad SMARTS) is 2. The zero-order valence-corrected chi connectivity index (χ0v) is 9.28. The summed E-state index contributed by atoms with van der Waals surface area (Å²) in [5, 5.41) is 18.0. The molecule has 0 spiro atoms. The van der Waals surface area contributed by atoms with Gasteiger partial charge in [0.25, 0.3) is 0 Å². The number of carbonyl (C=O) groups is 2. The molecule has 1 fully saturated rings. The van der Waals surface area contributed by atoms with Crippen LogP contribution in [-0.4, -0.2) is 45.2 Å². The van der Waals surface area contributed by atoms with Gasteiger partial charge in [0.2, 0.25) is 0 Å². The summed E-state index contributed by atoms with van der Waals surface area (Å²) in [7, 11) is 0. The van der Waals surface area contributed by atoms with Crippen LogP contribution in [0, 0.1) is 11.7 Å². The Balaban J connectivity index is 2.27. The van der Waals surface area contributed by atoms with Gasteiger partial charge in [-0.1, -0.05) is 0 Å². The van der Waals surface area contributed by atoms with Gasteiger partial charge in [0, 0.05) is 24.7 Å². The van der Waals surface area contributed by atoms with Crippen LogP contribution in [0.3, 0.4) is 0 Å². The molecule has 2 atom stereocenters. The van der Waals surface area contributed by atoms with E-state index in [4.69, 9.17) is 10.2 Å². The van der Waals surface area contributed by atoms with Crippen LogP contribution >= 0.6 is 0 Å². The number of aliphatic carboxylic acids is 1. The third kappa shape index (κ3) is 2.24. The Labute approximate surface area is 102 Å². The molecule has 6 nitrogen and oxygen atoms in total. The summed E-state index contributed by atoms with van der Waals surface area (Å²) in [5.41, 5.74) is 0.396. The number of rotatable bonds is 2. The van der Waals surface area contributed by atoms with Crippen molar-refractivity contribution in [2.75, 3.05) is 13.1 Å². The van der Waals surface area contributed by atoms with E-state index in [9.17, 15) is 14.0 Å². The van der Waals surface area contributed by atoms with Crippen LogP contribution in [0.2, 0.25) is 0 Å². The molecule has 0 saturated carbocycles. The Kier molecular flexibility index (Phi) is 3.14. The average Bonchev–Trinajstić information content (AvgIpc) is 2.75. The molecule has 1 saturated heterocycles. The molecule has 1 amide bonds. The first-order chi connectivity index (χ1) is 8.49. The number of amides is 1. The van der Waals surface area contributed by atoms with Crippen LogP contribution < -0.4 is 0 Å². The molecule has 0 aliphatic carbocycles. The highest BCUT2D eigenvalue weighted by atomic mass is 19.1. The lowest BCUT2D eigenvalue weighted by Crippen LogP contribution is -2.28. The highest BCUT2D eigenvalue weighted by molar-refractivity contribution is 5.75. The van der Waals surface area contributed by atoms with Crippen molar-refractivity contribution in [1.82, 2.24) is 9.88 Å². The molecule has 2 rings (SSSR count). The van der Waals surface area contributed by atoms with Gasteiger partial charge in [-0.3, -0.25) is 9.78 Å². The molecule has 1 aliphatic rings. The van der Waals surface area contributed by atoms with Crippen LogP contribution in [0.1, 0.15) is 11.6 Å². The van der Waals surface area contributed by atoms with Gasteiger partial charge >= 0.3 is 12.1 Å². The van der Waals surface area contributed by atoms with Crippen LogP contribution in [0.5, 0.6) is 0 Å². The smallest absolute Gasteiger partial charge is 0.407 e.